The van der Waals surface area contributed by atoms with Crippen molar-refractivity contribution in [1.29, 1.82) is 0 Å². The summed E-state index contributed by atoms with van der Waals surface area (Å²) in [6, 6.07) is 0. The first-order chi connectivity index (χ1) is 5.38. The molecular formula is C6H8F3NaO3. The Labute approximate surface area is 94.9 Å². The standard InChI is InChI=1S/C6H7F3O3.Na.H/c1-2-12-5(11)3-4(10)6(7,8)9;;/h2-3H2,1H3;;. The molecule has 0 heterocycles. The Morgan fingerprint density at radius 3 is 2.08 bits per heavy atom. The maximum atomic E-state index is 11.5. The molecule has 0 atom stereocenters. The van der Waals surface area contributed by atoms with Gasteiger partial charge in [0.1, 0.15) is 6.42 Å². The van der Waals surface area contributed by atoms with Gasteiger partial charge in [-0.25, -0.2) is 0 Å². The summed E-state index contributed by atoms with van der Waals surface area (Å²) < 4.78 is 38.6. The second kappa shape index (κ2) is 6.39. The third-order valence-corrected chi connectivity index (χ3v) is 0.926. The van der Waals surface area contributed by atoms with Crippen LogP contribution in [-0.2, 0) is 14.3 Å². The van der Waals surface area contributed by atoms with E-state index in [1.807, 2.05) is 0 Å². The molecule has 0 N–H and O–H groups in total. The van der Waals surface area contributed by atoms with Gasteiger partial charge in [-0.15, -0.1) is 0 Å². The number of alkyl halides is 3. The number of rotatable bonds is 3. The third kappa shape index (κ3) is 7.04. The van der Waals surface area contributed by atoms with Gasteiger partial charge in [0.2, 0.25) is 5.78 Å². The quantitative estimate of drug-likeness (QED) is 0.383. The molecule has 0 spiro atoms. The van der Waals surface area contributed by atoms with Crippen molar-refractivity contribution in [2.24, 2.45) is 0 Å². The fraction of sp³-hybridized carbons (Fsp3) is 0.667. The predicted molar refractivity (Wildman–Crippen MR) is 39.5 cm³/mol. The average Bonchev–Trinajstić information content (AvgIpc) is 1.85. The number of ether oxygens (including phenoxy) is 1. The third-order valence-electron chi connectivity index (χ3n) is 0.926. The maximum absolute atomic E-state index is 11.5. The summed E-state index contributed by atoms with van der Waals surface area (Å²) in [6.07, 6.45) is -6.19. The van der Waals surface area contributed by atoms with Crippen molar-refractivity contribution in [3.05, 3.63) is 0 Å². The number of carbonyl (C=O) groups excluding carboxylic acids is 2. The van der Waals surface area contributed by atoms with Crippen molar-refractivity contribution in [3.63, 3.8) is 0 Å². The van der Waals surface area contributed by atoms with E-state index in [0.29, 0.717) is 0 Å². The monoisotopic (exact) mass is 208 g/mol. The van der Waals surface area contributed by atoms with E-state index in [2.05, 4.69) is 4.74 Å². The number of esters is 1. The van der Waals surface area contributed by atoms with Crippen molar-refractivity contribution in [1.82, 2.24) is 0 Å². The van der Waals surface area contributed by atoms with Crippen molar-refractivity contribution in [3.8, 4) is 0 Å². The number of carbonyl (C=O) groups is 2. The van der Waals surface area contributed by atoms with E-state index in [9.17, 15) is 22.8 Å². The van der Waals surface area contributed by atoms with Crippen LogP contribution >= 0.6 is 0 Å². The zero-order valence-corrected chi connectivity index (χ0v) is 6.27. The summed E-state index contributed by atoms with van der Waals surface area (Å²) in [5.41, 5.74) is 0. The van der Waals surface area contributed by atoms with Gasteiger partial charge in [-0.1, -0.05) is 0 Å². The molecule has 0 aromatic rings. The number of hydrogen-bond donors (Lipinski definition) is 0. The Bertz CT molecular complexity index is 190. The van der Waals surface area contributed by atoms with Crippen LogP contribution in [0, 0.1) is 0 Å². The van der Waals surface area contributed by atoms with Crippen LogP contribution in [0.25, 0.3) is 0 Å². The van der Waals surface area contributed by atoms with Crippen LogP contribution < -0.4 is 0 Å². The van der Waals surface area contributed by atoms with E-state index in [1.54, 1.807) is 0 Å². The van der Waals surface area contributed by atoms with Gasteiger partial charge in [0.05, 0.1) is 6.61 Å². The molecule has 0 aliphatic carbocycles. The van der Waals surface area contributed by atoms with Gasteiger partial charge in [0, 0.05) is 0 Å². The second-order valence-electron chi connectivity index (χ2n) is 1.90. The van der Waals surface area contributed by atoms with Crippen LogP contribution in [0.5, 0.6) is 0 Å². The van der Waals surface area contributed by atoms with Crippen LogP contribution in [0.15, 0.2) is 0 Å². The van der Waals surface area contributed by atoms with Crippen LogP contribution in [0.2, 0.25) is 0 Å². The predicted octanol–water partition coefficient (Wildman–Crippen LogP) is 0.423. The molecule has 72 valence electrons. The minimum absolute atomic E-state index is 0. The SMILES string of the molecule is CCOC(=O)CC(=O)C(F)(F)F.[NaH]. The van der Waals surface area contributed by atoms with Gasteiger partial charge < -0.3 is 4.74 Å². The Morgan fingerprint density at radius 2 is 1.77 bits per heavy atom. The number of halogens is 3. The molecule has 0 amide bonds. The van der Waals surface area contributed by atoms with Gasteiger partial charge in [-0.3, -0.25) is 9.59 Å². The zero-order valence-electron chi connectivity index (χ0n) is 6.27. The Kier molecular flexibility index (Phi) is 7.58. The molecule has 0 aliphatic rings. The van der Waals surface area contributed by atoms with Crippen molar-refractivity contribution in [2.75, 3.05) is 6.61 Å². The Morgan fingerprint density at radius 1 is 1.31 bits per heavy atom. The normalized spacial score (nSPS) is 10.2. The fourth-order valence-electron chi connectivity index (χ4n) is 0.443. The molecule has 13 heavy (non-hydrogen) atoms. The Balaban J connectivity index is 0. The van der Waals surface area contributed by atoms with Crippen molar-refractivity contribution < 1.29 is 27.5 Å². The summed E-state index contributed by atoms with van der Waals surface area (Å²) in [7, 11) is 0. The summed E-state index contributed by atoms with van der Waals surface area (Å²) in [5.74, 6) is -3.24. The zero-order chi connectivity index (χ0) is 9.78. The fourth-order valence-corrected chi connectivity index (χ4v) is 0.443. The van der Waals surface area contributed by atoms with E-state index in [1.165, 1.54) is 6.92 Å². The molecule has 0 radical (unpaired) electrons. The van der Waals surface area contributed by atoms with Gasteiger partial charge >= 0.3 is 41.7 Å². The molecule has 0 aliphatic heterocycles. The van der Waals surface area contributed by atoms with Gasteiger partial charge in [0.15, 0.2) is 0 Å². The van der Waals surface area contributed by atoms with Gasteiger partial charge in [0.25, 0.3) is 0 Å². The van der Waals surface area contributed by atoms with E-state index in [0.717, 1.165) is 0 Å². The van der Waals surface area contributed by atoms with Crippen LogP contribution in [0.3, 0.4) is 0 Å². The second-order valence-corrected chi connectivity index (χ2v) is 1.90. The average molecular weight is 208 g/mol. The molecular weight excluding hydrogens is 200 g/mol. The van der Waals surface area contributed by atoms with Crippen LogP contribution in [0.1, 0.15) is 13.3 Å². The van der Waals surface area contributed by atoms with Crippen LogP contribution in [0.4, 0.5) is 13.2 Å². The molecule has 0 aromatic carbocycles. The number of hydrogen-bond acceptors (Lipinski definition) is 3. The van der Waals surface area contributed by atoms with Crippen LogP contribution in [-0.4, -0.2) is 54.1 Å². The van der Waals surface area contributed by atoms with Crippen molar-refractivity contribution >= 4 is 41.3 Å². The van der Waals surface area contributed by atoms with E-state index in [4.69, 9.17) is 0 Å². The first-order valence-corrected chi connectivity index (χ1v) is 3.13. The molecule has 7 heteroatoms. The first kappa shape index (κ1) is 15.4. The number of ketones is 1. The Hall–Kier alpha value is -0.0700. The molecule has 0 saturated carbocycles. The molecule has 0 rings (SSSR count). The van der Waals surface area contributed by atoms with Crippen molar-refractivity contribution in [2.45, 2.75) is 19.5 Å². The topological polar surface area (TPSA) is 43.4 Å². The summed E-state index contributed by atoms with van der Waals surface area (Å²) in [4.78, 5) is 20.5. The molecule has 0 saturated heterocycles. The molecule has 0 aromatic heterocycles. The summed E-state index contributed by atoms with van der Waals surface area (Å²) >= 11 is 0. The van der Waals surface area contributed by atoms with Gasteiger partial charge in [-0.2, -0.15) is 13.2 Å². The molecule has 0 bridgehead atoms. The summed E-state index contributed by atoms with van der Waals surface area (Å²) in [6.45, 7) is 1.40. The number of Topliss-reactive ketones (excluding diaryl/α,β-unsaturated/α-hetero) is 1. The first-order valence-electron chi connectivity index (χ1n) is 3.13. The van der Waals surface area contributed by atoms with E-state index in [-0.39, 0.29) is 36.2 Å². The molecule has 3 nitrogen and oxygen atoms in total. The molecule has 0 fully saturated rings. The molecule has 0 unspecified atom stereocenters. The summed E-state index contributed by atoms with van der Waals surface area (Å²) in [5, 5.41) is 0. The van der Waals surface area contributed by atoms with E-state index >= 15 is 0 Å². The minimum atomic E-state index is -4.95. The van der Waals surface area contributed by atoms with Gasteiger partial charge in [-0.05, 0) is 6.92 Å². The van der Waals surface area contributed by atoms with E-state index < -0.39 is 24.3 Å².